The van der Waals surface area contributed by atoms with Gasteiger partial charge in [0.1, 0.15) is 3.92 Å². The van der Waals surface area contributed by atoms with Crippen molar-refractivity contribution in [1.82, 2.24) is 0 Å². The second-order valence-electron chi connectivity index (χ2n) is 4.04. The summed E-state index contributed by atoms with van der Waals surface area (Å²) in [5.74, 6) is -0.904. The molecule has 1 unspecified atom stereocenters. The van der Waals surface area contributed by atoms with Gasteiger partial charge in [-0.15, -0.1) is 0 Å². The van der Waals surface area contributed by atoms with Gasteiger partial charge in [0.15, 0.2) is 0 Å². The van der Waals surface area contributed by atoms with Crippen molar-refractivity contribution in [3.8, 4) is 0 Å². The first-order chi connectivity index (χ1) is 8.70. The van der Waals surface area contributed by atoms with Gasteiger partial charge in [0.05, 0.1) is 0 Å². The average molecular weight is 352 g/mol. The van der Waals surface area contributed by atoms with Crippen LogP contribution in [0.1, 0.15) is 17.0 Å². The molecule has 0 saturated carbocycles. The van der Waals surface area contributed by atoms with E-state index < -0.39 is 9.89 Å². The van der Waals surface area contributed by atoms with Gasteiger partial charge in [0.25, 0.3) is 0 Å². The summed E-state index contributed by atoms with van der Waals surface area (Å²) >= 11 is 2.00. The number of alkyl halides is 1. The summed E-state index contributed by atoms with van der Waals surface area (Å²) < 4.78 is -0.479. The maximum Gasteiger partial charge on any atom is 0.317 e. The van der Waals surface area contributed by atoms with Crippen LogP contribution in [0.2, 0.25) is 0 Å². The van der Waals surface area contributed by atoms with Crippen LogP contribution in [0.15, 0.2) is 60.7 Å². The minimum absolute atomic E-state index is 0.120. The normalized spacial score (nSPS) is 12.3. The highest BCUT2D eigenvalue weighted by Gasteiger charge is 2.27. The third kappa shape index (κ3) is 2.90. The van der Waals surface area contributed by atoms with E-state index in [2.05, 4.69) is 0 Å². The lowest BCUT2D eigenvalue weighted by atomic mass is 9.88. The molecule has 0 spiro atoms. The second kappa shape index (κ2) is 6.00. The van der Waals surface area contributed by atoms with Crippen LogP contribution in [0.5, 0.6) is 0 Å². The number of halogens is 1. The van der Waals surface area contributed by atoms with Gasteiger partial charge >= 0.3 is 5.97 Å². The van der Waals surface area contributed by atoms with Crippen molar-refractivity contribution >= 4 is 28.6 Å². The molecule has 2 aromatic rings. The van der Waals surface area contributed by atoms with E-state index in [4.69, 9.17) is 0 Å². The highest BCUT2D eigenvalue weighted by atomic mass is 127. The Bertz CT molecular complexity index is 471. The lowest BCUT2D eigenvalue weighted by Crippen LogP contribution is -2.22. The predicted octanol–water partition coefficient (Wildman–Crippen LogP) is 3.71. The molecule has 18 heavy (non-hydrogen) atoms. The third-order valence-corrected chi connectivity index (χ3v) is 4.10. The predicted molar refractivity (Wildman–Crippen MR) is 80.2 cm³/mol. The van der Waals surface area contributed by atoms with Gasteiger partial charge in [-0.3, -0.25) is 4.79 Å². The summed E-state index contributed by atoms with van der Waals surface area (Å²) in [6, 6.07) is 19.6. The largest absolute Gasteiger partial charge is 0.480 e. The summed E-state index contributed by atoms with van der Waals surface area (Å²) in [5.41, 5.74) is 2.07. The van der Waals surface area contributed by atoms with Crippen molar-refractivity contribution < 1.29 is 9.90 Å². The fraction of sp³-hybridized carbons (Fsp3) is 0.133. The molecule has 0 heterocycles. The van der Waals surface area contributed by atoms with E-state index in [9.17, 15) is 9.90 Å². The van der Waals surface area contributed by atoms with E-state index in [-0.39, 0.29) is 5.92 Å². The molecule has 0 bridgehead atoms. The van der Waals surface area contributed by atoms with Gasteiger partial charge in [-0.2, -0.15) is 0 Å². The molecule has 92 valence electrons. The zero-order valence-electron chi connectivity index (χ0n) is 9.66. The van der Waals surface area contributed by atoms with E-state index in [1.54, 1.807) is 0 Å². The fourth-order valence-corrected chi connectivity index (χ4v) is 2.82. The van der Waals surface area contributed by atoms with E-state index in [1.165, 1.54) is 0 Å². The number of carbonyl (C=O) groups is 1. The molecule has 0 aliphatic heterocycles. The molecular weight excluding hydrogens is 339 g/mol. The Labute approximate surface area is 120 Å². The Balaban J connectivity index is 2.45. The van der Waals surface area contributed by atoms with Gasteiger partial charge in [-0.05, 0) is 11.1 Å². The Morgan fingerprint density at radius 2 is 1.28 bits per heavy atom. The Kier molecular flexibility index (Phi) is 4.36. The van der Waals surface area contributed by atoms with Crippen LogP contribution in [0, 0.1) is 0 Å². The van der Waals surface area contributed by atoms with Crippen molar-refractivity contribution in [3.63, 3.8) is 0 Å². The number of benzene rings is 2. The quantitative estimate of drug-likeness (QED) is 0.673. The van der Waals surface area contributed by atoms with Crippen molar-refractivity contribution in [1.29, 1.82) is 0 Å². The topological polar surface area (TPSA) is 37.3 Å². The molecule has 3 heteroatoms. The van der Waals surface area contributed by atoms with E-state index >= 15 is 0 Å². The molecule has 2 rings (SSSR count). The van der Waals surface area contributed by atoms with Gasteiger partial charge in [-0.1, -0.05) is 83.3 Å². The molecule has 0 fully saturated rings. The minimum atomic E-state index is -0.784. The van der Waals surface area contributed by atoms with Crippen LogP contribution in [-0.2, 0) is 4.79 Å². The molecule has 2 aromatic carbocycles. The molecule has 0 radical (unpaired) electrons. The lowest BCUT2D eigenvalue weighted by Gasteiger charge is -2.20. The molecule has 1 atom stereocenters. The third-order valence-electron chi connectivity index (χ3n) is 2.85. The maximum absolute atomic E-state index is 11.3. The van der Waals surface area contributed by atoms with Crippen LogP contribution < -0.4 is 0 Å². The van der Waals surface area contributed by atoms with E-state index in [0.717, 1.165) is 11.1 Å². The fourth-order valence-electron chi connectivity index (χ4n) is 1.99. The average Bonchev–Trinajstić information content (AvgIpc) is 2.41. The Morgan fingerprint density at radius 1 is 0.889 bits per heavy atom. The van der Waals surface area contributed by atoms with Crippen molar-refractivity contribution in [2.45, 2.75) is 9.84 Å². The van der Waals surface area contributed by atoms with Crippen molar-refractivity contribution in [2.75, 3.05) is 0 Å². The zero-order chi connectivity index (χ0) is 13.0. The smallest absolute Gasteiger partial charge is 0.317 e. The summed E-state index contributed by atoms with van der Waals surface area (Å²) in [6.45, 7) is 0. The number of carboxylic acids is 1. The highest BCUT2D eigenvalue weighted by Crippen LogP contribution is 2.32. The Morgan fingerprint density at radius 3 is 1.61 bits per heavy atom. The second-order valence-corrected chi connectivity index (χ2v) is 5.38. The Hall–Kier alpha value is -1.36. The number of hydrogen-bond acceptors (Lipinski definition) is 1. The molecule has 1 N–H and O–H groups in total. The van der Waals surface area contributed by atoms with Gasteiger partial charge < -0.3 is 5.11 Å². The van der Waals surface area contributed by atoms with Gasteiger partial charge in [0, 0.05) is 5.92 Å². The number of aliphatic carboxylic acids is 1. The highest BCUT2D eigenvalue weighted by molar-refractivity contribution is 14.1. The van der Waals surface area contributed by atoms with Crippen LogP contribution in [0.25, 0.3) is 0 Å². The summed E-state index contributed by atoms with van der Waals surface area (Å²) in [6.07, 6.45) is 0. The van der Waals surface area contributed by atoms with Crippen LogP contribution >= 0.6 is 22.6 Å². The number of rotatable bonds is 4. The number of carboxylic acid groups (broad SMARTS) is 1. The molecule has 0 aliphatic carbocycles. The van der Waals surface area contributed by atoms with Gasteiger partial charge in [0.2, 0.25) is 0 Å². The minimum Gasteiger partial charge on any atom is -0.480 e. The molecule has 0 saturated heterocycles. The van der Waals surface area contributed by atoms with Crippen molar-refractivity contribution in [2.24, 2.45) is 0 Å². The summed E-state index contributed by atoms with van der Waals surface area (Å²) in [7, 11) is 0. The molecule has 0 aliphatic rings. The summed E-state index contributed by atoms with van der Waals surface area (Å²) in [4.78, 5) is 11.3. The van der Waals surface area contributed by atoms with E-state index in [1.807, 2.05) is 83.3 Å². The molecular formula is C15H13IO2. The van der Waals surface area contributed by atoms with E-state index in [0.29, 0.717) is 0 Å². The van der Waals surface area contributed by atoms with Crippen LogP contribution in [0.4, 0.5) is 0 Å². The lowest BCUT2D eigenvalue weighted by molar-refractivity contribution is -0.136. The maximum atomic E-state index is 11.3. The number of hydrogen-bond donors (Lipinski definition) is 1. The first-order valence-electron chi connectivity index (χ1n) is 5.67. The first kappa shape index (κ1) is 13.1. The monoisotopic (exact) mass is 352 g/mol. The van der Waals surface area contributed by atoms with Crippen LogP contribution in [0.3, 0.4) is 0 Å². The van der Waals surface area contributed by atoms with Crippen LogP contribution in [-0.4, -0.2) is 15.0 Å². The molecule has 0 aromatic heterocycles. The molecule has 2 nitrogen and oxygen atoms in total. The first-order valence-corrected chi connectivity index (χ1v) is 6.91. The summed E-state index contributed by atoms with van der Waals surface area (Å²) in [5, 5.41) is 9.27. The standard InChI is InChI=1S/C15H13IO2/c16-14(15(17)18)13(11-7-3-1-4-8-11)12-9-5-2-6-10-12/h1-10,13-14H,(H,17,18). The van der Waals surface area contributed by atoms with Gasteiger partial charge in [-0.25, -0.2) is 0 Å². The zero-order valence-corrected chi connectivity index (χ0v) is 11.8. The molecule has 0 amide bonds. The van der Waals surface area contributed by atoms with Crippen molar-refractivity contribution in [3.05, 3.63) is 71.8 Å². The SMILES string of the molecule is O=C(O)C(I)C(c1ccccc1)c1ccccc1.